The van der Waals surface area contributed by atoms with Crippen LogP contribution in [0.15, 0.2) is 18.2 Å². The van der Waals surface area contributed by atoms with Crippen molar-refractivity contribution in [2.75, 3.05) is 33.9 Å². The van der Waals surface area contributed by atoms with Crippen molar-refractivity contribution in [1.82, 2.24) is 4.90 Å². The zero-order chi connectivity index (χ0) is 12.3. The van der Waals surface area contributed by atoms with Crippen LogP contribution in [-0.2, 0) is 0 Å². The van der Waals surface area contributed by atoms with Gasteiger partial charge in [-0.2, -0.15) is 0 Å². The predicted octanol–water partition coefficient (Wildman–Crippen LogP) is 1.44. The molecule has 1 aromatic rings. The van der Waals surface area contributed by atoms with Crippen LogP contribution in [-0.4, -0.2) is 43.9 Å². The first-order valence-corrected chi connectivity index (χ1v) is 5.89. The third-order valence-corrected chi connectivity index (χ3v) is 2.69. The van der Waals surface area contributed by atoms with Gasteiger partial charge in [-0.1, -0.05) is 6.07 Å². The van der Waals surface area contributed by atoms with Gasteiger partial charge in [0.15, 0.2) is 11.5 Å². The molecule has 0 saturated heterocycles. The van der Waals surface area contributed by atoms with Gasteiger partial charge < -0.3 is 19.5 Å². The molecule has 17 heavy (non-hydrogen) atoms. The monoisotopic (exact) mass is 237 g/mol. The second-order valence-electron chi connectivity index (χ2n) is 4.53. The summed E-state index contributed by atoms with van der Waals surface area (Å²) < 4.78 is 11.1. The van der Waals surface area contributed by atoms with Gasteiger partial charge in [0.1, 0.15) is 0 Å². The Hall–Kier alpha value is -1.26. The highest BCUT2D eigenvalue weighted by Gasteiger charge is 2.14. The molecule has 0 aromatic heterocycles. The lowest BCUT2D eigenvalue weighted by Crippen LogP contribution is -2.20. The van der Waals surface area contributed by atoms with Crippen molar-refractivity contribution in [2.45, 2.75) is 12.5 Å². The van der Waals surface area contributed by atoms with Gasteiger partial charge in [-0.15, -0.1) is 0 Å². The second kappa shape index (κ2) is 5.38. The molecule has 1 aliphatic heterocycles. The van der Waals surface area contributed by atoms with Gasteiger partial charge in [0.2, 0.25) is 0 Å². The molecule has 4 nitrogen and oxygen atoms in total. The fourth-order valence-corrected chi connectivity index (χ4v) is 1.84. The molecule has 1 aliphatic rings. The summed E-state index contributed by atoms with van der Waals surface area (Å²) in [4.78, 5) is 1.95. The largest absolute Gasteiger partial charge is 0.490 e. The standard InChI is InChI=1S/C13H19NO3/c1-14(2)9-11(15)10-4-5-12-13(8-10)17-7-3-6-16-12/h4-5,8,11,15H,3,6-7,9H2,1-2H3. The van der Waals surface area contributed by atoms with Crippen molar-refractivity contribution in [2.24, 2.45) is 0 Å². The minimum absolute atomic E-state index is 0.498. The number of nitrogens with zero attached hydrogens (tertiary/aromatic N) is 1. The van der Waals surface area contributed by atoms with E-state index in [2.05, 4.69) is 0 Å². The summed E-state index contributed by atoms with van der Waals surface area (Å²) in [7, 11) is 3.87. The van der Waals surface area contributed by atoms with Crippen LogP contribution in [0, 0.1) is 0 Å². The molecule has 0 fully saturated rings. The number of hydrogen-bond donors (Lipinski definition) is 1. The smallest absolute Gasteiger partial charge is 0.161 e. The van der Waals surface area contributed by atoms with E-state index in [0.717, 1.165) is 23.5 Å². The molecule has 1 atom stereocenters. The molecular formula is C13H19NO3. The highest BCUT2D eigenvalue weighted by Crippen LogP contribution is 2.32. The third kappa shape index (κ3) is 3.11. The molecule has 0 spiro atoms. The van der Waals surface area contributed by atoms with E-state index in [1.807, 2.05) is 37.2 Å². The van der Waals surface area contributed by atoms with Crippen LogP contribution in [0.3, 0.4) is 0 Å². The lowest BCUT2D eigenvalue weighted by Gasteiger charge is -2.17. The average molecular weight is 237 g/mol. The average Bonchev–Trinajstić information content (AvgIpc) is 2.51. The van der Waals surface area contributed by atoms with E-state index < -0.39 is 6.10 Å². The summed E-state index contributed by atoms with van der Waals surface area (Å²) in [6.07, 6.45) is 0.395. The summed E-state index contributed by atoms with van der Waals surface area (Å²) in [6, 6.07) is 5.63. The van der Waals surface area contributed by atoms with Crippen molar-refractivity contribution in [3.05, 3.63) is 23.8 Å². The van der Waals surface area contributed by atoms with Gasteiger partial charge in [-0.25, -0.2) is 0 Å². The number of fused-ring (bicyclic) bond motifs is 1. The quantitative estimate of drug-likeness (QED) is 0.864. The zero-order valence-electron chi connectivity index (χ0n) is 10.3. The maximum absolute atomic E-state index is 10.0. The van der Waals surface area contributed by atoms with Crippen LogP contribution in [0.1, 0.15) is 18.1 Å². The van der Waals surface area contributed by atoms with Crippen LogP contribution in [0.2, 0.25) is 0 Å². The fourth-order valence-electron chi connectivity index (χ4n) is 1.84. The van der Waals surface area contributed by atoms with E-state index in [1.54, 1.807) is 0 Å². The van der Waals surface area contributed by atoms with Crippen LogP contribution in [0.25, 0.3) is 0 Å². The summed E-state index contributed by atoms with van der Waals surface area (Å²) in [5.74, 6) is 1.50. The Morgan fingerprint density at radius 1 is 1.24 bits per heavy atom. The number of aliphatic hydroxyl groups excluding tert-OH is 1. The van der Waals surface area contributed by atoms with E-state index in [4.69, 9.17) is 9.47 Å². The van der Waals surface area contributed by atoms with Gasteiger partial charge in [-0.05, 0) is 31.8 Å². The van der Waals surface area contributed by atoms with Crippen LogP contribution in [0.5, 0.6) is 11.5 Å². The highest BCUT2D eigenvalue weighted by atomic mass is 16.5. The minimum Gasteiger partial charge on any atom is -0.490 e. The van der Waals surface area contributed by atoms with Crippen molar-refractivity contribution < 1.29 is 14.6 Å². The SMILES string of the molecule is CN(C)CC(O)c1ccc2c(c1)OCCCO2. The predicted molar refractivity (Wildman–Crippen MR) is 65.6 cm³/mol. The Bertz CT molecular complexity index is 379. The first-order valence-electron chi connectivity index (χ1n) is 5.89. The molecule has 1 aromatic carbocycles. The van der Waals surface area contributed by atoms with E-state index >= 15 is 0 Å². The molecule has 0 amide bonds. The lowest BCUT2D eigenvalue weighted by atomic mass is 10.1. The first kappa shape index (κ1) is 12.2. The maximum atomic E-state index is 10.0. The molecule has 1 heterocycles. The van der Waals surface area contributed by atoms with E-state index in [9.17, 15) is 5.11 Å². The highest BCUT2D eigenvalue weighted by molar-refractivity contribution is 5.44. The molecule has 0 aliphatic carbocycles. The second-order valence-corrected chi connectivity index (χ2v) is 4.53. The van der Waals surface area contributed by atoms with Crippen molar-refractivity contribution in [3.63, 3.8) is 0 Å². The molecular weight excluding hydrogens is 218 g/mol. The summed E-state index contributed by atoms with van der Waals surface area (Å²) in [5.41, 5.74) is 0.864. The van der Waals surface area contributed by atoms with Crippen molar-refractivity contribution >= 4 is 0 Å². The molecule has 2 rings (SSSR count). The van der Waals surface area contributed by atoms with Gasteiger partial charge >= 0.3 is 0 Å². The number of hydrogen-bond acceptors (Lipinski definition) is 4. The lowest BCUT2D eigenvalue weighted by molar-refractivity contribution is 0.138. The number of likely N-dealkylation sites (N-methyl/N-ethyl adjacent to an activating group) is 1. The molecule has 94 valence electrons. The normalized spacial score (nSPS) is 16.7. The first-order chi connectivity index (χ1) is 8.16. The summed E-state index contributed by atoms with van der Waals surface area (Å²) >= 11 is 0. The number of rotatable bonds is 3. The fraction of sp³-hybridized carbons (Fsp3) is 0.538. The zero-order valence-corrected chi connectivity index (χ0v) is 10.3. The number of aliphatic hydroxyl groups is 1. The molecule has 4 heteroatoms. The topological polar surface area (TPSA) is 41.9 Å². The Balaban J connectivity index is 2.17. The van der Waals surface area contributed by atoms with Crippen LogP contribution in [0.4, 0.5) is 0 Å². The molecule has 0 radical (unpaired) electrons. The molecule has 1 unspecified atom stereocenters. The van der Waals surface area contributed by atoms with Crippen molar-refractivity contribution in [3.8, 4) is 11.5 Å². The van der Waals surface area contributed by atoms with E-state index in [-0.39, 0.29) is 0 Å². The number of ether oxygens (including phenoxy) is 2. The minimum atomic E-state index is -0.498. The van der Waals surface area contributed by atoms with Gasteiger partial charge in [-0.3, -0.25) is 0 Å². The Morgan fingerprint density at radius 2 is 1.94 bits per heavy atom. The van der Waals surface area contributed by atoms with Crippen molar-refractivity contribution in [1.29, 1.82) is 0 Å². The molecule has 0 saturated carbocycles. The van der Waals surface area contributed by atoms with Crippen LogP contribution < -0.4 is 9.47 Å². The summed E-state index contributed by atoms with van der Waals surface area (Å²) in [6.45, 7) is 1.95. The summed E-state index contributed by atoms with van der Waals surface area (Å²) in [5, 5.41) is 10.0. The maximum Gasteiger partial charge on any atom is 0.161 e. The Kier molecular flexibility index (Phi) is 3.86. The van der Waals surface area contributed by atoms with E-state index in [0.29, 0.717) is 19.8 Å². The van der Waals surface area contributed by atoms with Gasteiger partial charge in [0.25, 0.3) is 0 Å². The third-order valence-electron chi connectivity index (χ3n) is 2.69. The Labute approximate surface area is 102 Å². The molecule has 1 N–H and O–H groups in total. The Morgan fingerprint density at radius 3 is 2.65 bits per heavy atom. The van der Waals surface area contributed by atoms with Crippen LogP contribution >= 0.6 is 0 Å². The molecule has 0 bridgehead atoms. The van der Waals surface area contributed by atoms with E-state index in [1.165, 1.54) is 0 Å². The number of benzene rings is 1. The van der Waals surface area contributed by atoms with Gasteiger partial charge in [0, 0.05) is 13.0 Å². The van der Waals surface area contributed by atoms with Gasteiger partial charge in [0.05, 0.1) is 19.3 Å².